The molecule has 2 amide bonds. The fraction of sp³-hybridized carbons (Fsp3) is 0.346. The van der Waals surface area contributed by atoms with Gasteiger partial charge in [0.25, 0.3) is 5.91 Å². The molecule has 0 saturated heterocycles. The van der Waals surface area contributed by atoms with Crippen molar-refractivity contribution < 1.29 is 41.8 Å². The number of nitrogens with two attached hydrogens (primary N) is 1. The second kappa shape index (κ2) is 12.0. The average Bonchev–Trinajstić information content (AvgIpc) is 2.95. The zero-order chi connectivity index (χ0) is 28.9. The summed E-state index contributed by atoms with van der Waals surface area (Å²) in [5, 5.41) is 7.57. The Morgan fingerprint density at radius 2 is 1.85 bits per heavy atom. The summed E-state index contributed by atoms with van der Waals surface area (Å²) in [5.41, 5.74) is 7.17. The predicted octanol–water partition coefficient (Wildman–Crippen LogP) is 3.02. The van der Waals surface area contributed by atoms with Gasteiger partial charge < -0.3 is 25.0 Å². The molecule has 0 atom stereocenters. The van der Waals surface area contributed by atoms with Crippen molar-refractivity contribution in [3.8, 4) is 5.75 Å². The van der Waals surface area contributed by atoms with Crippen molar-refractivity contribution >= 4 is 35.3 Å². The lowest BCUT2D eigenvalue weighted by Gasteiger charge is -2.24. The van der Waals surface area contributed by atoms with Crippen molar-refractivity contribution in [2.75, 3.05) is 24.5 Å². The van der Waals surface area contributed by atoms with Gasteiger partial charge >= 0.3 is 18.1 Å². The Kier molecular flexibility index (Phi) is 8.94. The number of nitrogens with zero attached hydrogens (tertiary/aromatic N) is 2. The van der Waals surface area contributed by atoms with Crippen molar-refractivity contribution in [3.63, 3.8) is 0 Å². The average molecular weight is 549 g/mol. The Labute approximate surface area is 222 Å². The number of ether oxygens (including phenoxy) is 2. The van der Waals surface area contributed by atoms with Crippen molar-refractivity contribution in [1.82, 2.24) is 4.90 Å². The number of benzene rings is 2. The number of hydrogen-bond donors (Lipinski definition) is 2. The number of alkyl halides is 3. The van der Waals surface area contributed by atoms with E-state index in [1.165, 1.54) is 11.0 Å². The van der Waals surface area contributed by atoms with E-state index in [-0.39, 0.29) is 30.5 Å². The molecule has 1 aliphatic heterocycles. The third kappa shape index (κ3) is 7.55. The van der Waals surface area contributed by atoms with Crippen LogP contribution in [0.25, 0.3) is 0 Å². The largest absolute Gasteiger partial charge is 0.491 e. The minimum atomic E-state index is -5.34. The molecule has 208 valence electrons. The van der Waals surface area contributed by atoms with Crippen LogP contribution in [0.5, 0.6) is 5.75 Å². The monoisotopic (exact) mass is 548 g/mol. The van der Waals surface area contributed by atoms with E-state index in [2.05, 4.69) is 4.74 Å². The van der Waals surface area contributed by atoms with E-state index in [1.54, 1.807) is 36.4 Å². The Hall–Kier alpha value is -4.42. The van der Waals surface area contributed by atoms with Gasteiger partial charge in [-0.2, -0.15) is 13.2 Å². The number of amides is 2. The molecule has 0 fully saturated rings. The molecule has 2 aromatic rings. The zero-order valence-electron chi connectivity index (χ0n) is 21.2. The number of carbonyl (C=O) groups is 4. The van der Waals surface area contributed by atoms with Crippen LogP contribution in [-0.2, 0) is 25.7 Å². The first-order valence-corrected chi connectivity index (χ1v) is 11.9. The van der Waals surface area contributed by atoms with Crippen LogP contribution < -0.4 is 15.4 Å². The smallest absolute Gasteiger partial charge is 0.489 e. The lowest BCUT2D eigenvalue weighted by atomic mass is 10.1. The molecule has 0 aliphatic carbocycles. The Morgan fingerprint density at radius 3 is 2.49 bits per heavy atom. The molecule has 10 nitrogen and oxygen atoms in total. The summed E-state index contributed by atoms with van der Waals surface area (Å²) in [7, 11) is 0. The van der Waals surface area contributed by atoms with Gasteiger partial charge in [0.05, 0.1) is 17.7 Å². The number of halogens is 3. The summed E-state index contributed by atoms with van der Waals surface area (Å²) >= 11 is 0. The number of amidine groups is 1. The molecule has 1 heterocycles. The van der Waals surface area contributed by atoms with Gasteiger partial charge in [-0.1, -0.05) is 32.0 Å². The fourth-order valence-corrected chi connectivity index (χ4v) is 3.82. The van der Waals surface area contributed by atoms with E-state index in [1.807, 2.05) is 13.8 Å². The van der Waals surface area contributed by atoms with Gasteiger partial charge in [-0.15, -0.1) is 0 Å². The van der Waals surface area contributed by atoms with Crippen molar-refractivity contribution in [1.29, 1.82) is 5.41 Å². The summed E-state index contributed by atoms with van der Waals surface area (Å²) in [5.74, 6) is -5.01. The summed E-state index contributed by atoms with van der Waals surface area (Å²) in [6, 6.07) is 11.5. The van der Waals surface area contributed by atoms with Gasteiger partial charge in [0, 0.05) is 18.7 Å². The first-order chi connectivity index (χ1) is 18.3. The summed E-state index contributed by atoms with van der Waals surface area (Å²) in [6.07, 6.45) is -6.08. The maximum atomic E-state index is 13.4. The molecule has 3 rings (SSSR count). The maximum Gasteiger partial charge on any atom is 0.491 e. The molecule has 0 unspecified atom stereocenters. The molecule has 0 aromatic heterocycles. The van der Waals surface area contributed by atoms with Crippen molar-refractivity contribution in [3.05, 3.63) is 59.2 Å². The van der Waals surface area contributed by atoms with Gasteiger partial charge in [0.15, 0.2) is 0 Å². The molecular formula is C26H27F3N4O6. The first kappa shape index (κ1) is 29.1. The summed E-state index contributed by atoms with van der Waals surface area (Å²) in [4.78, 5) is 51.6. The van der Waals surface area contributed by atoms with Crippen LogP contribution in [0.2, 0.25) is 0 Å². The number of rotatable bonds is 9. The number of nitrogens with one attached hydrogen (secondary N) is 1. The van der Waals surface area contributed by atoms with Gasteiger partial charge in [-0.25, -0.2) is 4.79 Å². The van der Waals surface area contributed by atoms with Gasteiger partial charge in [0.2, 0.25) is 5.91 Å². The van der Waals surface area contributed by atoms with Crippen molar-refractivity contribution in [2.24, 2.45) is 11.7 Å². The highest BCUT2D eigenvalue weighted by Gasteiger charge is 2.42. The third-order valence-electron chi connectivity index (χ3n) is 5.62. The Morgan fingerprint density at radius 1 is 1.13 bits per heavy atom. The van der Waals surface area contributed by atoms with Crippen molar-refractivity contribution in [2.45, 2.75) is 33.1 Å². The number of esters is 2. The van der Waals surface area contributed by atoms with E-state index in [9.17, 15) is 32.3 Å². The number of anilines is 1. The highest BCUT2D eigenvalue weighted by Crippen LogP contribution is 2.31. The number of carbonyl (C=O) groups excluding carboxylic acids is 4. The van der Waals surface area contributed by atoms with Crippen LogP contribution >= 0.6 is 0 Å². The molecule has 0 saturated carbocycles. The van der Waals surface area contributed by atoms with Gasteiger partial charge in [-0.05, 0) is 35.7 Å². The minimum Gasteiger partial charge on any atom is -0.489 e. The van der Waals surface area contributed by atoms with E-state index in [0.29, 0.717) is 22.6 Å². The molecule has 0 radical (unpaired) electrons. The van der Waals surface area contributed by atoms with Gasteiger partial charge in [-0.3, -0.25) is 19.8 Å². The first-order valence-electron chi connectivity index (χ1n) is 11.9. The van der Waals surface area contributed by atoms with Crippen LogP contribution in [0.15, 0.2) is 42.5 Å². The fourth-order valence-electron chi connectivity index (χ4n) is 3.82. The molecule has 2 aromatic carbocycles. The number of nitrogen functional groups attached to an aromatic ring is 1. The Balaban J connectivity index is 1.83. The quantitative estimate of drug-likeness (QED) is 0.212. The van der Waals surface area contributed by atoms with Crippen LogP contribution in [0.4, 0.5) is 18.9 Å². The standard InChI is InChI=1S/C26H27F3N4O6/c1-15(2)12-33-20-7-6-18(38-14-16-4-3-5-17(10-16)23(30)31)11-19(20)24(36)32(13-21(33)34)9-8-22(35)39-25(37)26(27,28)29/h3-7,10-11,15H,8-9,12-14H2,1-2H3,(H3,30,31). The molecule has 0 bridgehead atoms. The highest BCUT2D eigenvalue weighted by molar-refractivity contribution is 6.10. The minimum absolute atomic E-state index is 0.0382. The SMILES string of the molecule is CC(C)CN1C(=O)CN(CCC(=O)OC(=O)C(F)(F)F)C(=O)c2cc(OCc3cccc(C(=N)N)c3)ccc21. The lowest BCUT2D eigenvalue weighted by Crippen LogP contribution is -2.41. The molecular weight excluding hydrogens is 521 g/mol. The molecule has 13 heteroatoms. The zero-order valence-corrected chi connectivity index (χ0v) is 21.2. The third-order valence-corrected chi connectivity index (χ3v) is 5.62. The van der Waals surface area contributed by atoms with Crippen LogP contribution in [0.3, 0.4) is 0 Å². The highest BCUT2D eigenvalue weighted by atomic mass is 19.4. The second-order valence-electron chi connectivity index (χ2n) is 9.22. The van der Waals surface area contributed by atoms with E-state index < -0.39 is 49.4 Å². The summed E-state index contributed by atoms with van der Waals surface area (Å²) in [6.45, 7) is 3.26. The number of hydrogen-bond acceptors (Lipinski definition) is 7. The molecule has 39 heavy (non-hydrogen) atoms. The Bertz CT molecular complexity index is 1290. The van der Waals surface area contributed by atoms with E-state index >= 15 is 0 Å². The second-order valence-corrected chi connectivity index (χ2v) is 9.22. The molecule has 0 spiro atoms. The molecule has 1 aliphatic rings. The lowest BCUT2D eigenvalue weighted by molar-refractivity contribution is -0.201. The van der Waals surface area contributed by atoms with Crippen LogP contribution in [-0.4, -0.2) is 60.3 Å². The van der Waals surface area contributed by atoms with Crippen LogP contribution in [0, 0.1) is 11.3 Å². The normalized spacial score (nSPS) is 13.7. The van der Waals surface area contributed by atoms with E-state index in [0.717, 1.165) is 4.90 Å². The topological polar surface area (TPSA) is 143 Å². The summed E-state index contributed by atoms with van der Waals surface area (Å²) < 4.78 is 46.8. The van der Waals surface area contributed by atoms with Gasteiger partial charge in [0.1, 0.15) is 24.7 Å². The van der Waals surface area contributed by atoms with E-state index in [4.69, 9.17) is 15.9 Å². The molecule has 3 N–H and O–H groups in total. The predicted molar refractivity (Wildman–Crippen MR) is 133 cm³/mol. The van der Waals surface area contributed by atoms with Crippen LogP contribution in [0.1, 0.15) is 41.8 Å². The number of fused-ring (bicyclic) bond motifs is 1. The maximum absolute atomic E-state index is 13.4.